The van der Waals surface area contributed by atoms with E-state index in [1.54, 1.807) is 13.0 Å². The van der Waals surface area contributed by atoms with Crippen LogP contribution in [0.3, 0.4) is 0 Å². The van der Waals surface area contributed by atoms with E-state index in [4.69, 9.17) is 16.3 Å². The second-order valence-corrected chi connectivity index (χ2v) is 10.1. The van der Waals surface area contributed by atoms with Gasteiger partial charge in [0, 0.05) is 23.8 Å². The quantitative estimate of drug-likeness (QED) is 0.623. The fourth-order valence-electron chi connectivity index (χ4n) is 7.13. The molecule has 4 rings (SSSR count). The molecule has 0 heterocycles. The summed E-state index contributed by atoms with van der Waals surface area (Å²) in [5.41, 5.74) is -0.532. The molecule has 2 fully saturated rings. The van der Waals surface area contributed by atoms with Crippen LogP contribution in [0.4, 0.5) is 0 Å². The zero-order valence-corrected chi connectivity index (χ0v) is 17.9. The smallest absolute Gasteiger partial charge is 0.303 e. The van der Waals surface area contributed by atoms with Crippen LogP contribution < -0.4 is 0 Å². The van der Waals surface area contributed by atoms with Crippen molar-refractivity contribution in [1.82, 2.24) is 0 Å². The van der Waals surface area contributed by atoms with E-state index in [9.17, 15) is 14.4 Å². The summed E-state index contributed by atoms with van der Waals surface area (Å²) >= 11 is 6.71. The van der Waals surface area contributed by atoms with Crippen LogP contribution in [-0.2, 0) is 19.1 Å². The van der Waals surface area contributed by atoms with Gasteiger partial charge in [-0.3, -0.25) is 14.4 Å². The van der Waals surface area contributed by atoms with Crippen molar-refractivity contribution >= 4 is 29.1 Å². The lowest BCUT2D eigenvalue weighted by molar-refractivity contribution is -0.185. The summed E-state index contributed by atoms with van der Waals surface area (Å²) < 4.78 is 5.79. The van der Waals surface area contributed by atoms with Gasteiger partial charge in [0.05, 0.1) is 0 Å². The predicted molar refractivity (Wildman–Crippen MR) is 107 cm³/mol. The minimum atomic E-state index is -1.03. The number of carbonyl (C=O) groups is 3. The number of halogens is 1. The number of esters is 1. The van der Waals surface area contributed by atoms with Crippen molar-refractivity contribution in [1.29, 1.82) is 0 Å². The molecule has 4 nitrogen and oxygen atoms in total. The average Bonchev–Trinajstić information content (AvgIpc) is 2.90. The van der Waals surface area contributed by atoms with E-state index in [2.05, 4.69) is 19.9 Å². The van der Waals surface area contributed by atoms with Crippen molar-refractivity contribution in [2.24, 2.45) is 28.6 Å². The monoisotopic (exact) mass is 404 g/mol. The largest absolute Gasteiger partial charge is 0.451 e. The molecule has 0 aliphatic heterocycles. The van der Waals surface area contributed by atoms with E-state index in [1.165, 1.54) is 6.92 Å². The molecule has 152 valence electrons. The standard InChI is InChI=1S/C23H29ClO4/c1-13(25)23(28-14(2)26)10-7-18-16-12-20(24)19-11-15(27)5-8-21(19,3)17(16)6-9-22(18,23)4/h11-12,16-18H,5-10H2,1-4H3/t16-,17+,18-,21+,22-,23-/m0/s1. The van der Waals surface area contributed by atoms with Gasteiger partial charge in [-0.2, -0.15) is 0 Å². The third-order valence-electron chi connectivity index (χ3n) is 8.56. The molecular weight excluding hydrogens is 376 g/mol. The molecule has 5 heteroatoms. The lowest BCUT2D eigenvalue weighted by Crippen LogP contribution is -2.58. The van der Waals surface area contributed by atoms with Crippen molar-refractivity contribution in [2.45, 2.75) is 71.8 Å². The molecule has 2 saturated carbocycles. The lowest BCUT2D eigenvalue weighted by atomic mass is 9.48. The van der Waals surface area contributed by atoms with Crippen LogP contribution in [0.25, 0.3) is 0 Å². The third-order valence-corrected chi connectivity index (χ3v) is 8.89. The summed E-state index contributed by atoms with van der Waals surface area (Å²) in [6, 6.07) is 0. The Balaban J connectivity index is 1.79. The summed E-state index contributed by atoms with van der Waals surface area (Å²) in [6.45, 7) is 7.33. The molecule has 4 aliphatic carbocycles. The Morgan fingerprint density at radius 2 is 1.79 bits per heavy atom. The van der Waals surface area contributed by atoms with Crippen molar-refractivity contribution < 1.29 is 19.1 Å². The van der Waals surface area contributed by atoms with Crippen LogP contribution in [-0.4, -0.2) is 23.1 Å². The number of ether oxygens (including phenoxy) is 1. The topological polar surface area (TPSA) is 60.4 Å². The van der Waals surface area contributed by atoms with Crippen LogP contribution in [0.5, 0.6) is 0 Å². The molecule has 28 heavy (non-hydrogen) atoms. The molecule has 0 spiro atoms. The van der Waals surface area contributed by atoms with Gasteiger partial charge >= 0.3 is 5.97 Å². The fraction of sp³-hybridized carbons (Fsp3) is 0.696. The van der Waals surface area contributed by atoms with Gasteiger partial charge < -0.3 is 4.74 Å². The first kappa shape index (κ1) is 19.9. The Morgan fingerprint density at radius 3 is 2.43 bits per heavy atom. The molecule has 0 aromatic carbocycles. The van der Waals surface area contributed by atoms with E-state index in [0.29, 0.717) is 23.8 Å². The maximum atomic E-state index is 12.7. The molecule has 6 atom stereocenters. The fourth-order valence-corrected chi connectivity index (χ4v) is 7.55. The molecular formula is C23H29ClO4. The molecule has 0 saturated heterocycles. The highest BCUT2D eigenvalue weighted by atomic mass is 35.5. The molecule has 0 N–H and O–H groups in total. The number of Topliss-reactive ketones (excluding diaryl/α,β-unsaturated/α-hetero) is 1. The Bertz CT molecular complexity index is 826. The van der Waals surface area contributed by atoms with Gasteiger partial charge in [0.1, 0.15) is 0 Å². The predicted octanol–water partition coefficient (Wildman–Crippen LogP) is 4.75. The third kappa shape index (κ3) is 2.46. The van der Waals surface area contributed by atoms with Gasteiger partial charge in [0.25, 0.3) is 0 Å². The number of allylic oxidation sites excluding steroid dienone is 4. The van der Waals surface area contributed by atoms with Crippen LogP contribution in [0, 0.1) is 28.6 Å². The van der Waals surface area contributed by atoms with Crippen molar-refractivity contribution in [3.63, 3.8) is 0 Å². The molecule has 0 amide bonds. The number of carbonyl (C=O) groups excluding carboxylic acids is 3. The maximum Gasteiger partial charge on any atom is 0.303 e. The van der Waals surface area contributed by atoms with Gasteiger partial charge in [-0.25, -0.2) is 0 Å². The van der Waals surface area contributed by atoms with Crippen molar-refractivity contribution in [3.05, 3.63) is 22.8 Å². The Labute approximate surface area is 171 Å². The zero-order chi connectivity index (χ0) is 20.5. The first-order chi connectivity index (χ1) is 13.0. The molecule has 4 aliphatic rings. The zero-order valence-electron chi connectivity index (χ0n) is 17.1. The second kappa shape index (κ2) is 6.29. The summed E-state index contributed by atoms with van der Waals surface area (Å²) in [6.07, 6.45) is 8.48. The van der Waals surface area contributed by atoms with Gasteiger partial charge in [0.2, 0.25) is 0 Å². The van der Waals surface area contributed by atoms with E-state index in [-0.39, 0.29) is 40.2 Å². The SMILES string of the molecule is CC(=O)O[C@]1(C(C)=O)CC[C@H]2[C@H]3C=C(Cl)C4=CC(=O)CC[C@]4(C)[C@@H]3CC[C@@]21C. The molecule has 0 unspecified atom stereocenters. The van der Waals surface area contributed by atoms with Gasteiger partial charge in [0.15, 0.2) is 17.2 Å². The lowest BCUT2D eigenvalue weighted by Gasteiger charge is -2.57. The summed E-state index contributed by atoms with van der Waals surface area (Å²) in [4.78, 5) is 36.6. The van der Waals surface area contributed by atoms with Crippen molar-refractivity contribution in [2.75, 3.05) is 0 Å². The Kier molecular flexibility index (Phi) is 4.46. The minimum absolute atomic E-state index is 0.0490. The highest BCUT2D eigenvalue weighted by molar-refractivity contribution is 6.32. The van der Waals surface area contributed by atoms with E-state index < -0.39 is 5.60 Å². The molecule has 0 aromatic rings. The summed E-state index contributed by atoms with van der Waals surface area (Å²) in [7, 11) is 0. The van der Waals surface area contributed by atoms with Gasteiger partial charge in [-0.15, -0.1) is 0 Å². The maximum absolute atomic E-state index is 12.7. The van der Waals surface area contributed by atoms with Crippen molar-refractivity contribution in [3.8, 4) is 0 Å². The van der Waals surface area contributed by atoms with Crippen LogP contribution >= 0.6 is 11.6 Å². The number of fused-ring (bicyclic) bond motifs is 5. The number of rotatable bonds is 2. The Hall–Kier alpha value is -1.42. The first-order valence-corrected chi connectivity index (χ1v) is 10.8. The number of ketones is 2. The minimum Gasteiger partial charge on any atom is -0.451 e. The van der Waals surface area contributed by atoms with Crippen LogP contribution in [0.15, 0.2) is 22.8 Å². The van der Waals surface area contributed by atoms with E-state index in [0.717, 1.165) is 31.3 Å². The number of hydrogen-bond donors (Lipinski definition) is 0. The molecule has 0 aromatic heterocycles. The second-order valence-electron chi connectivity index (χ2n) is 9.72. The molecule has 0 bridgehead atoms. The normalized spacial score (nSPS) is 44.6. The summed E-state index contributed by atoms with van der Waals surface area (Å²) in [5.74, 6) is 0.584. The highest BCUT2D eigenvalue weighted by Crippen LogP contribution is 2.68. The summed E-state index contributed by atoms with van der Waals surface area (Å²) in [5, 5.41) is 0.689. The van der Waals surface area contributed by atoms with Gasteiger partial charge in [-0.05, 0) is 73.8 Å². The van der Waals surface area contributed by atoms with E-state index in [1.807, 2.05) is 0 Å². The first-order valence-electron chi connectivity index (χ1n) is 10.4. The molecule has 0 radical (unpaired) electrons. The van der Waals surface area contributed by atoms with Crippen LogP contribution in [0.1, 0.15) is 66.2 Å². The van der Waals surface area contributed by atoms with Gasteiger partial charge in [-0.1, -0.05) is 31.5 Å². The average molecular weight is 405 g/mol. The highest BCUT2D eigenvalue weighted by Gasteiger charge is 2.67. The van der Waals surface area contributed by atoms with E-state index >= 15 is 0 Å². The number of hydrogen-bond acceptors (Lipinski definition) is 4. The Morgan fingerprint density at radius 1 is 1.11 bits per heavy atom. The van der Waals surface area contributed by atoms with Crippen LogP contribution in [0.2, 0.25) is 0 Å².